The number of aliphatic imine (C=N–C) groups is 1. The lowest BCUT2D eigenvalue weighted by molar-refractivity contribution is -0.137. The molecule has 8 nitrogen and oxygen atoms in total. The van der Waals surface area contributed by atoms with Gasteiger partial charge in [0.05, 0.1) is 18.1 Å². The Hall–Kier alpha value is -4.85. The number of amides is 2. The van der Waals surface area contributed by atoms with E-state index in [1.807, 2.05) is 13.0 Å². The van der Waals surface area contributed by atoms with E-state index in [0.717, 1.165) is 30.5 Å². The van der Waals surface area contributed by atoms with Crippen LogP contribution in [0.15, 0.2) is 65.7 Å². The normalized spacial score (nSPS) is 14.0. The predicted octanol–water partition coefficient (Wildman–Crippen LogP) is 6.00. The molecule has 1 fully saturated rings. The number of benzene rings is 3. The summed E-state index contributed by atoms with van der Waals surface area (Å²) in [6.45, 7) is 3.82. The maximum Gasteiger partial charge on any atom is 0.416 e. The number of nitrogens with zero attached hydrogens (tertiary/aromatic N) is 3. The topological polar surface area (TPSA) is 121 Å². The molecule has 0 unspecified atom stereocenters. The highest BCUT2D eigenvalue weighted by molar-refractivity contribution is 6.00. The molecule has 0 atom stereocenters. The Balaban J connectivity index is 1.27. The fourth-order valence-electron chi connectivity index (χ4n) is 4.80. The van der Waals surface area contributed by atoms with Crippen LogP contribution in [-0.4, -0.2) is 49.1 Å². The van der Waals surface area contributed by atoms with E-state index in [-0.39, 0.29) is 30.5 Å². The number of carbonyl (C=O) groups excluding carboxylic acids is 2. The minimum Gasteiger partial charge on any atom is -0.457 e. The molecule has 1 aliphatic heterocycles. The molecule has 43 heavy (non-hydrogen) atoms. The summed E-state index contributed by atoms with van der Waals surface area (Å²) in [6.07, 6.45) is -0.914. The van der Waals surface area contributed by atoms with Crippen LogP contribution in [0.3, 0.4) is 0 Å². The zero-order valence-corrected chi connectivity index (χ0v) is 23.7. The van der Waals surface area contributed by atoms with Crippen molar-refractivity contribution >= 4 is 23.7 Å². The van der Waals surface area contributed by atoms with Gasteiger partial charge in [0, 0.05) is 54.8 Å². The molecule has 0 spiro atoms. The number of hydrogen-bond donors (Lipinski definition) is 2. The Bertz CT molecular complexity index is 1510. The minimum absolute atomic E-state index is 0.101. The van der Waals surface area contributed by atoms with Crippen molar-refractivity contribution in [3.05, 3.63) is 88.5 Å². The first-order valence-corrected chi connectivity index (χ1v) is 13.9. The van der Waals surface area contributed by atoms with E-state index in [0.29, 0.717) is 53.7 Å². The van der Waals surface area contributed by atoms with Crippen molar-refractivity contribution in [2.75, 3.05) is 31.9 Å². The molecule has 11 heteroatoms. The highest BCUT2D eigenvalue weighted by Crippen LogP contribution is 2.31. The Labute approximate surface area is 248 Å². The summed E-state index contributed by atoms with van der Waals surface area (Å²) in [5.41, 5.74) is 8.30. The minimum atomic E-state index is -4.41. The number of hydrogen-bond acceptors (Lipinski definition) is 6. The van der Waals surface area contributed by atoms with Gasteiger partial charge in [0.1, 0.15) is 11.5 Å². The molecule has 3 N–H and O–H groups in total. The van der Waals surface area contributed by atoms with Crippen molar-refractivity contribution in [3.63, 3.8) is 0 Å². The van der Waals surface area contributed by atoms with Crippen molar-refractivity contribution in [2.45, 2.75) is 32.4 Å². The Morgan fingerprint density at radius 3 is 2.30 bits per heavy atom. The van der Waals surface area contributed by atoms with Crippen LogP contribution >= 0.6 is 0 Å². The third-order valence-corrected chi connectivity index (χ3v) is 7.32. The van der Waals surface area contributed by atoms with Gasteiger partial charge in [-0.25, -0.2) is 0 Å². The monoisotopic (exact) mass is 591 g/mol. The number of piperidine rings is 1. The van der Waals surface area contributed by atoms with E-state index < -0.39 is 11.7 Å². The standard InChI is InChI=1S/C32H32F3N5O3/c1-21-27(30(41)39-16-2-15-36)11-12-29(37)28(21)20-38-19-22-13-17-40(18-14-22)31(42)23-3-7-25(8-4-23)43-26-9-5-24(6-10-26)32(33,34)35/h3-12,20,22H,2,13-14,16-19,37H2,1H3,(H,39,41). The number of halogens is 3. The van der Waals surface area contributed by atoms with Crippen LogP contribution in [-0.2, 0) is 6.18 Å². The molecule has 3 aromatic rings. The van der Waals surface area contributed by atoms with Crippen LogP contribution in [0, 0.1) is 24.2 Å². The van der Waals surface area contributed by atoms with E-state index in [4.69, 9.17) is 15.7 Å². The number of likely N-dealkylation sites (tertiary alicyclic amines) is 1. The highest BCUT2D eigenvalue weighted by Gasteiger charge is 2.30. The Kier molecular flexibility index (Phi) is 10.0. The number of nitrogen functional groups attached to an aromatic ring is 1. The van der Waals surface area contributed by atoms with Crippen molar-refractivity contribution in [2.24, 2.45) is 10.9 Å². The van der Waals surface area contributed by atoms with Crippen molar-refractivity contribution in [1.29, 1.82) is 5.26 Å². The third-order valence-electron chi connectivity index (χ3n) is 7.32. The second-order valence-electron chi connectivity index (χ2n) is 10.3. The molecule has 2 amide bonds. The Morgan fingerprint density at radius 2 is 1.70 bits per heavy atom. The van der Waals surface area contributed by atoms with E-state index in [1.54, 1.807) is 47.5 Å². The maximum atomic E-state index is 13.0. The van der Waals surface area contributed by atoms with Crippen LogP contribution < -0.4 is 15.8 Å². The van der Waals surface area contributed by atoms with Gasteiger partial charge >= 0.3 is 6.18 Å². The van der Waals surface area contributed by atoms with Gasteiger partial charge in [-0.3, -0.25) is 14.6 Å². The number of anilines is 1. The maximum absolute atomic E-state index is 13.0. The molecule has 224 valence electrons. The van der Waals surface area contributed by atoms with Gasteiger partial charge < -0.3 is 20.7 Å². The summed E-state index contributed by atoms with van der Waals surface area (Å²) < 4.78 is 43.9. The van der Waals surface area contributed by atoms with Crippen LogP contribution in [0.5, 0.6) is 11.5 Å². The summed E-state index contributed by atoms with van der Waals surface area (Å²) in [5, 5.41) is 11.4. The van der Waals surface area contributed by atoms with Crippen LogP contribution in [0.2, 0.25) is 0 Å². The first kappa shape index (κ1) is 31.1. The fraction of sp³-hybridized carbons (Fsp3) is 0.312. The Morgan fingerprint density at radius 1 is 1.07 bits per heavy atom. The van der Waals surface area contributed by atoms with Gasteiger partial charge in [-0.1, -0.05) is 0 Å². The van der Waals surface area contributed by atoms with E-state index in [2.05, 4.69) is 10.3 Å². The zero-order valence-electron chi connectivity index (χ0n) is 23.7. The van der Waals surface area contributed by atoms with Crippen LogP contribution in [0.1, 0.15) is 56.7 Å². The molecule has 1 heterocycles. The smallest absolute Gasteiger partial charge is 0.416 e. The van der Waals surface area contributed by atoms with Crippen molar-refractivity contribution in [3.8, 4) is 17.6 Å². The lowest BCUT2D eigenvalue weighted by Crippen LogP contribution is -2.39. The number of nitriles is 1. The number of alkyl halides is 3. The SMILES string of the molecule is Cc1c(C(=O)NCCC#N)ccc(N)c1C=NCC1CCN(C(=O)c2ccc(Oc3ccc(C(F)(F)F)cc3)cc2)CC1. The second kappa shape index (κ2) is 13.9. The lowest BCUT2D eigenvalue weighted by atomic mass is 9.96. The number of nitrogens with one attached hydrogen (secondary N) is 1. The average molecular weight is 592 g/mol. The average Bonchev–Trinajstić information content (AvgIpc) is 2.99. The highest BCUT2D eigenvalue weighted by atomic mass is 19.4. The summed E-state index contributed by atoms with van der Waals surface area (Å²) in [6, 6.07) is 16.3. The van der Waals surface area contributed by atoms with E-state index >= 15 is 0 Å². The molecule has 4 rings (SSSR count). The number of carbonyl (C=O) groups is 2. The number of nitrogens with two attached hydrogens (primary N) is 1. The van der Waals surface area contributed by atoms with Gasteiger partial charge in [-0.2, -0.15) is 18.4 Å². The molecular formula is C32H32F3N5O3. The van der Waals surface area contributed by atoms with Gasteiger partial charge in [-0.15, -0.1) is 0 Å². The van der Waals surface area contributed by atoms with Crippen molar-refractivity contribution < 1.29 is 27.5 Å². The predicted molar refractivity (Wildman–Crippen MR) is 157 cm³/mol. The van der Waals surface area contributed by atoms with Crippen LogP contribution in [0.25, 0.3) is 0 Å². The first-order chi connectivity index (χ1) is 20.6. The zero-order chi connectivity index (χ0) is 31.0. The summed E-state index contributed by atoms with van der Waals surface area (Å²) >= 11 is 0. The molecule has 0 radical (unpaired) electrons. The van der Waals surface area contributed by atoms with Crippen LogP contribution in [0.4, 0.5) is 18.9 Å². The molecule has 0 aliphatic carbocycles. The number of rotatable bonds is 9. The summed E-state index contributed by atoms with van der Waals surface area (Å²) in [4.78, 5) is 31.9. The first-order valence-electron chi connectivity index (χ1n) is 13.9. The van der Waals surface area contributed by atoms with Gasteiger partial charge in [-0.05, 0) is 91.9 Å². The number of ether oxygens (including phenoxy) is 1. The molecule has 3 aromatic carbocycles. The summed E-state index contributed by atoms with van der Waals surface area (Å²) in [7, 11) is 0. The molecule has 0 aromatic heterocycles. The van der Waals surface area contributed by atoms with E-state index in [1.165, 1.54) is 12.1 Å². The molecule has 0 bridgehead atoms. The fourth-order valence-corrected chi connectivity index (χ4v) is 4.80. The van der Waals surface area contributed by atoms with Gasteiger partial charge in [0.15, 0.2) is 0 Å². The largest absolute Gasteiger partial charge is 0.457 e. The van der Waals surface area contributed by atoms with Gasteiger partial charge in [0.2, 0.25) is 0 Å². The summed E-state index contributed by atoms with van der Waals surface area (Å²) in [5.74, 6) is 0.602. The second-order valence-corrected chi connectivity index (χ2v) is 10.3. The molecule has 1 aliphatic rings. The van der Waals surface area contributed by atoms with Crippen molar-refractivity contribution in [1.82, 2.24) is 10.2 Å². The lowest BCUT2D eigenvalue weighted by Gasteiger charge is -2.31. The quantitative estimate of drug-likeness (QED) is 0.180. The third kappa shape index (κ3) is 8.13. The molecule has 0 saturated carbocycles. The molecule has 1 saturated heterocycles. The molecular weight excluding hydrogens is 559 g/mol. The van der Waals surface area contributed by atoms with E-state index in [9.17, 15) is 22.8 Å². The van der Waals surface area contributed by atoms with Gasteiger partial charge in [0.25, 0.3) is 11.8 Å².